The molecule has 0 saturated heterocycles. The van der Waals surface area contributed by atoms with Gasteiger partial charge in [-0.1, -0.05) is 35.9 Å². The first-order valence-electron chi connectivity index (χ1n) is 5.64. The number of rotatable bonds is 3. The van der Waals surface area contributed by atoms with E-state index in [4.69, 9.17) is 16.7 Å². The zero-order valence-electron chi connectivity index (χ0n) is 10.1. The van der Waals surface area contributed by atoms with Crippen molar-refractivity contribution in [2.75, 3.05) is 0 Å². The standard InChI is InChI=1S/C14H10ClF3O2/c15-12-3-1-2-9(6-12)10-4-5-11(8-19)13(7-10)20-14(16,17)18/h1-7,19H,8H2. The van der Waals surface area contributed by atoms with Gasteiger partial charge in [0, 0.05) is 10.6 Å². The monoisotopic (exact) mass is 302 g/mol. The highest BCUT2D eigenvalue weighted by Crippen LogP contribution is 2.32. The number of benzene rings is 2. The molecule has 0 aromatic heterocycles. The summed E-state index contributed by atoms with van der Waals surface area (Å²) < 4.78 is 40.9. The van der Waals surface area contributed by atoms with Crippen molar-refractivity contribution < 1.29 is 23.0 Å². The molecule has 0 unspecified atom stereocenters. The van der Waals surface area contributed by atoms with Gasteiger partial charge in [-0.15, -0.1) is 13.2 Å². The highest BCUT2D eigenvalue weighted by Gasteiger charge is 2.32. The molecule has 2 aromatic rings. The second kappa shape index (κ2) is 5.73. The maximum absolute atomic E-state index is 12.3. The molecule has 20 heavy (non-hydrogen) atoms. The van der Waals surface area contributed by atoms with Gasteiger partial charge in [-0.25, -0.2) is 0 Å². The first-order valence-corrected chi connectivity index (χ1v) is 6.02. The Balaban J connectivity index is 2.44. The summed E-state index contributed by atoms with van der Waals surface area (Å²) in [6.07, 6.45) is -4.81. The average Bonchev–Trinajstić information content (AvgIpc) is 2.37. The fraction of sp³-hybridized carbons (Fsp3) is 0.143. The van der Waals surface area contributed by atoms with E-state index in [-0.39, 0.29) is 5.56 Å². The van der Waals surface area contributed by atoms with Crippen molar-refractivity contribution in [3.63, 3.8) is 0 Å². The van der Waals surface area contributed by atoms with Crippen molar-refractivity contribution in [2.45, 2.75) is 13.0 Å². The normalized spacial score (nSPS) is 11.4. The quantitative estimate of drug-likeness (QED) is 0.910. The van der Waals surface area contributed by atoms with Crippen molar-refractivity contribution in [1.82, 2.24) is 0 Å². The zero-order valence-corrected chi connectivity index (χ0v) is 10.9. The summed E-state index contributed by atoms with van der Waals surface area (Å²) in [6.45, 7) is -0.540. The molecule has 0 aliphatic carbocycles. The lowest BCUT2D eigenvalue weighted by atomic mass is 10.0. The highest BCUT2D eigenvalue weighted by molar-refractivity contribution is 6.30. The molecular formula is C14H10ClF3O2. The van der Waals surface area contributed by atoms with E-state index in [1.54, 1.807) is 30.3 Å². The van der Waals surface area contributed by atoms with Gasteiger partial charge in [-0.05, 0) is 29.3 Å². The molecule has 0 aliphatic heterocycles. The third kappa shape index (κ3) is 3.65. The van der Waals surface area contributed by atoms with Crippen molar-refractivity contribution in [3.8, 4) is 16.9 Å². The van der Waals surface area contributed by atoms with E-state index in [2.05, 4.69) is 4.74 Å². The van der Waals surface area contributed by atoms with E-state index in [0.717, 1.165) is 0 Å². The van der Waals surface area contributed by atoms with Crippen LogP contribution in [0, 0.1) is 0 Å². The van der Waals surface area contributed by atoms with Gasteiger partial charge in [0.05, 0.1) is 6.61 Å². The largest absolute Gasteiger partial charge is 0.573 e. The third-order valence-corrected chi connectivity index (χ3v) is 2.86. The number of hydrogen-bond donors (Lipinski definition) is 1. The summed E-state index contributed by atoms with van der Waals surface area (Å²) in [7, 11) is 0. The van der Waals surface area contributed by atoms with Gasteiger partial charge >= 0.3 is 6.36 Å². The number of aliphatic hydroxyl groups is 1. The Morgan fingerprint density at radius 2 is 1.75 bits per heavy atom. The van der Waals surface area contributed by atoms with Crippen LogP contribution in [0.1, 0.15) is 5.56 Å². The summed E-state index contributed by atoms with van der Waals surface area (Å²) in [6, 6.07) is 10.9. The maximum Gasteiger partial charge on any atom is 0.573 e. The first-order chi connectivity index (χ1) is 9.39. The third-order valence-electron chi connectivity index (χ3n) is 2.62. The summed E-state index contributed by atoms with van der Waals surface area (Å²) in [5, 5.41) is 9.53. The molecule has 2 aromatic carbocycles. The predicted molar refractivity (Wildman–Crippen MR) is 69.5 cm³/mol. The number of aliphatic hydroxyl groups excluding tert-OH is 1. The van der Waals surface area contributed by atoms with Crippen LogP contribution in [0.15, 0.2) is 42.5 Å². The molecule has 2 nitrogen and oxygen atoms in total. The average molecular weight is 303 g/mol. The van der Waals surface area contributed by atoms with Crippen molar-refractivity contribution in [2.24, 2.45) is 0 Å². The SMILES string of the molecule is OCc1ccc(-c2cccc(Cl)c2)cc1OC(F)(F)F. The first kappa shape index (κ1) is 14.7. The van der Waals surface area contributed by atoms with Gasteiger partial charge in [0.15, 0.2) is 0 Å². The fourth-order valence-corrected chi connectivity index (χ4v) is 1.94. The number of halogens is 4. The van der Waals surface area contributed by atoms with E-state index in [1.807, 2.05) is 0 Å². The Bertz CT molecular complexity index is 612. The summed E-state index contributed by atoms with van der Waals surface area (Å²) in [4.78, 5) is 0. The van der Waals surface area contributed by atoms with Gasteiger partial charge in [-0.3, -0.25) is 0 Å². The number of ether oxygens (including phenoxy) is 1. The molecule has 0 atom stereocenters. The van der Waals surface area contributed by atoms with Gasteiger partial charge in [0.1, 0.15) is 5.75 Å². The number of hydrogen-bond acceptors (Lipinski definition) is 2. The van der Waals surface area contributed by atoms with E-state index < -0.39 is 18.7 Å². The van der Waals surface area contributed by atoms with Crippen LogP contribution < -0.4 is 4.74 Å². The Hall–Kier alpha value is -1.72. The van der Waals surface area contributed by atoms with E-state index in [9.17, 15) is 13.2 Å². The second-order valence-electron chi connectivity index (χ2n) is 4.04. The lowest BCUT2D eigenvalue weighted by molar-refractivity contribution is -0.275. The highest BCUT2D eigenvalue weighted by atomic mass is 35.5. The minimum absolute atomic E-state index is 0.0631. The Kier molecular flexibility index (Phi) is 4.20. The van der Waals surface area contributed by atoms with Gasteiger partial charge in [-0.2, -0.15) is 0 Å². The molecule has 0 aliphatic rings. The molecular weight excluding hydrogens is 293 g/mol. The Morgan fingerprint density at radius 1 is 1.05 bits per heavy atom. The molecule has 6 heteroatoms. The molecule has 2 rings (SSSR count). The minimum atomic E-state index is -4.81. The molecule has 0 bridgehead atoms. The fourth-order valence-electron chi connectivity index (χ4n) is 1.75. The summed E-state index contributed by atoms with van der Waals surface area (Å²) in [5.41, 5.74) is 1.24. The molecule has 1 N–H and O–H groups in total. The van der Waals surface area contributed by atoms with Crippen molar-refractivity contribution >= 4 is 11.6 Å². The van der Waals surface area contributed by atoms with Gasteiger partial charge in [0.2, 0.25) is 0 Å². The molecule has 106 valence electrons. The Labute approximate surface area is 118 Å². The van der Waals surface area contributed by atoms with Crippen LogP contribution in [0.25, 0.3) is 11.1 Å². The van der Waals surface area contributed by atoms with Crippen LogP contribution in [0.5, 0.6) is 5.75 Å². The summed E-state index contributed by atoms with van der Waals surface area (Å²) in [5.74, 6) is -0.419. The molecule has 0 spiro atoms. The molecule has 0 heterocycles. The van der Waals surface area contributed by atoms with Crippen LogP contribution >= 0.6 is 11.6 Å². The maximum atomic E-state index is 12.3. The van der Waals surface area contributed by atoms with Crippen molar-refractivity contribution in [3.05, 3.63) is 53.1 Å². The van der Waals surface area contributed by atoms with E-state index in [1.165, 1.54) is 12.1 Å². The molecule has 0 radical (unpaired) electrons. The van der Waals surface area contributed by atoms with Crippen LogP contribution in [0.4, 0.5) is 13.2 Å². The lowest BCUT2D eigenvalue weighted by Crippen LogP contribution is -2.18. The molecule has 0 fully saturated rings. The second-order valence-corrected chi connectivity index (χ2v) is 4.48. The van der Waals surface area contributed by atoms with Crippen LogP contribution in [0.3, 0.4) is 0 Å². The van der Waals surface area contributed by atoms with Crippen molar-refractivity contribution in [1.29, 1.82) is 0 Å². The van der Waals surface area contributed by atoms with Gasteiger partial charge < -0.3 is 9.84 Å². The van der Waals surface area contributed by atoms with Crippen LogP contribution in [-0.2, 0) is 6.61 Å². The molecule has 0 amide bonds. The summed E-state index contributed by atoms with van der Waals surface area (Å²) >= 11 is 5.85. The van der Waals surface area contributed by atoms with Gasteiger partial charge in [0.25, 0.3) is 0 Å². The van der Waals surface area contributed by atoms with Crippen LogP contribution in [0.2, 0.25) is 5.02 Å². The Morgan fingerprint density at radius 3 is 2.35 bits per heavy atom. The van der Waals surface area contributed by atoms with E-state index >= 15 is 0 Å². The topological polar surface area (TPSA) is 29.5 Å². The zero-order chi connectivity index (χ0) is 14.8. The number of alkyl halides is 3. The smallest absolute Gasteiger partial charge is 0.405 e. The lowest BCUT2D eigenvalue weighted by Gasteiger charge is -2.13. The minimum Gasteiger partial charge on any atom is -0.405 e. The predicted octanol–water partition coefficient (Wildman–Crippen LogP) is 4.40. The van der Waals surface area contributed by atoms with Crippen LogP contribution in [-0.4, -0.2) is 11.5 Å². The van der Waals surface area contributed by atoms with E-state index in [0.29, 0.717) is 16.1 Å². The molecule has 0 saturated carbocycles.